The summed E-state index contributed by atoms with van der Waals surface area (Å²) < 4.78 is 15.4. The molecular formula is C10H16O5. The Kier molecular flexibility index (Phi) is 4.08. The van der Waals surface area contributed by atoms with Gasteiger partial charge in [0, 0.05) is 20.3 Å². The van der Waals surface area contributed by atoms with Crippen LogP contribution in [0.3, 0.4) is 0 Å². The minimum Gasteiger partial charge on any atom is -0.463 e. The van der Waals surface area contributed by atoms with Gasteiger partial charge in [0.25, 0.3) is 0 Å². The molecule has 0 aromatic carbocycles. The maximum absolute atomic E-state index is 10.8. The van der Waals surface area contributed by atoms with E-state index < -0.39 is 0 Å². The highest BCUT2D eigenvalue weighted by molar-refractivity contribution is 5.66. The predicted molar refractivity (Wildman–Crippen MR) is 51.1 cm³/mol. The molecule has 3 atom stereocenters. The van der Waals surface area contributed by atoms with Gasteiger partial charge >= 0.3 is 11.9 Å². The lowest BCUT2D eigenvalue weighted by Crippen LogP contribution is -2.31. The molecule has 0 bridgehead atoms. The van der Waals surface area contributed by atoms with Crippen LogP contribution in [0.15, 0.2) is 0 Å². The first-order valence-corrected chi connectivity index (χ1v) is 4.95. The molecule has 0 amide bonds. The summed E-state index contributed by atoms with van der Waals surface area (Å²) in [6.07, 6.45) is 0.0189. The van der Waals surface area contributed by atoms with Crippen LogP contribution in [0.1, 0.15) is 27.2 Å². The molecule has 1 heterocycles. The Hall–Kier alpha value is -1.10. The van der Waals surface area contributed by atoms with Crippen molar-refractivity contribution in [2.75, 3.05) is 6.61 Å². The lowest BCUT2D eigenvalue weighted by Gasteiger charge is -2.17. The summed E-state index contributed by atoms with van der Waals surface area (Å²) in [5.41, 5.74) is 0. The lowest BCUT2D eigenvalue weighted by molar-refractivity contribution is -0.154. The molecule has 0 aromatic rings. The molecule has 0 saturated carbocycles. The Morgan fingerprint density at radius 3 is 2.53 bits per heavy atom. The van der Waals surface area contributed by atoms with E-state index in [2.05, 4.69) is 0 Å². The van der Waals surface area contributed by atoms with Crippen molar-refractivity contribution < 1.29 is 23.8 Å². The van der Waals surface area contributed by atoms with E-state index in [0.29, 0.717) is 6.42 Å². The van der Waals surface area contributed by atoms with Gasteiger partial charge in [-0.25, -0.2) is 0 Å². The van der Waals surface area contributed by atoms with Gasteiger partial charge in [-0.15, -0.1) is 0 Å². The summed E-state index contributed by atoms with van der Waals surface area (Å²) in [6.45, 7) is 4.72. The van der Waals surface area contributed by atoms with Crippen molar-refractivity contribution in [1.82, 2.24) is 0 Å². The van der Waals surface area contributed by atoms with E-state index in [-0.39, 0.29) is 36.9 Å². The number of hydrogen-bond donors (Lipinski definition) is 0. The van der Waals surface area contributed by atoms with Gasteiger partial charge in [-0.05, 0) is 6.92 Å². The average molecular weight is 216 g/mol. The zero-order valence-electron chi connectivity index (χ0n) is 9.19. The van der Waals surface area contributed by atoms with Crippen LogP contribution in [-0.4, -0.2) is 36.9 Å². The SMILES string of the molecule is CC(=O)OC[C@H]1OC(C)C[C@H]1OC(C)=O. The van der Waals surface area contributed by atoms with Crippen LogP contribution >= 0.6 is 0 Å². The second kappa shape index (κ2) is 5.11. The molecule has 0 aliphatic carbocycles. The second-order valence-electron chi connectivity index (χ2n) is 3.67. The minimum absolute atomic E-state index is 0.0231. The fraction of sp³-hybridized carbons (Fsp3) is 0.800. The first kappa shape index (κ1) is 12.0. The van der Waals surface area contributed by atoms with Crippen molar-refractivity contribution in [3.05, 3.63) is 0 Å². The third-order valence-electron chi connectivity index (χ3n) is 2.15. The van der Waals surface area contributed by atoms with E-state index in [0.717, 1.165) is 0 Å². The minimum atomic E-state index is -0.361. The Bertz CT molecular complexity index is 250. The van der Waals surface area contributed by atoms with Crippen LogP contribution in [0.4, 0.5) is 0 Å². The molecule has 1 aliphatic rings. The first-order valence-electron chi connectivity index (χ1n) is 4.95. The molecule has 15 heavy (non-hydrogen) atoms. The Balaban J connectivity index is 2.45. The van der Waals surface area contributed by atoms with Crippen molar-refractivity contribution in [3.8, 4) is 0 Å². The zero-order chi connectivity index (χ0) is 11.4. The highest BCUT2D eigenvalue weighted by Crippen LogP contribution is 2.23. The van der Waals surface area contributed by atoms with Crippen LogP contribution in [0.5, 0.6) is 0 Å². The standard InChI is InChI=1S/C10H16O5/c1-6-4-9(15-8(3)12)10(14-6)5-13-7(2)11/h6,9-10H,4-5H2,1-3H3/t6?,9-,10-/m1/s1. The van der Waals surface area contributed by atoms with Crippen molar-refractivity contribution in [2.24, 2.45) is 0 Å². The molecule has 1 unspecified atom stereocenters. The van der Waals surface area contributed by atoms with E-state index in [1.807, 2.05) is 6.92 Å². The maximum Gasteiger partial charge on any atom is 0.302 e. The van der Waals surface area contributed by atoms with Gasteiger partial charge in [-0.1, -0.05) is 0 Å². The molecule has 1 aliphatic heterocycles. The molecule has 0 aromatic heterocycles. The molecule has 1 rings (SSSR count). The van der Waals surface area contributed by atoms with Gasteiger partial charge in [0.2, 0.25) is 0 Å². The van der Waals surface area contributed by atoms with Crippen molar-refractivity contribution in [3.63, 3.8) is 0 Å². The number of esters is 2. The first-order chi connectivity index (χ1) is 6.99. The van der Waals surface area contributed by atoms with Crippen molar-refractivity contribution in [1.29, 1.82) is 0 Å². The van der Waals surface area contributed by atoms with Gasteiger partial charge in [-0.3, -0.25) is 9.59 Å². The maximum atomic E-state index is 10.8. The smallest absolute Gasteiger partial charge is 0.302 e. The second-order valence-corrected chi connectivity index (χ2v) is 3.67. The summed E-state index contributed by atoms with van der Waals surface area (Å²) in [7, 11) is 0. The number of carbonyl (C=O) groups is 2. The monoisotopic (exact) mass is 216 g/mol. The average Bonchev–Trinajstić information content (AvgIpc) is 2.41. The lowest BCUT2D eigenvalue weighted by atomic mass is 10.1. The van der Waals surface area contributed by atoms with Crippen LogP contribution in [0, 0.1) is 0 Å². The largest absolute Gasteiger partial charge is 0.463 e. The topological polar surface area (TPSA) is 61.8 Å². The highest BCUT2D eigenvalue weighted by atomic mass is 16.6. The molecule has 0 N–H and O–H groups in total. The fourth-order valence-corrected chi connectivity index (χ4v) is 1.60. The zero-order valence-corrected chi connectivity index (χ0v) is 9.19. The molecule has 1 fully saturated rings. The summed E-state index contributed by atoms with van der Waals surface area (Å²) in [6, 6.07) is 0. The number of carbonyl (C=O) groups excluding carboxylic acids is 2. The van der Waals surface area contributed by atoms with Gasteiger partial charge in [0.05, 0.1) is 6.10 Å². The van der Waals surface area contributed by atoms with Gasteiger partial charge in [-0.2, -0.15) is 0 Å². The summed E-state index contributed by atoms with van der Waals surface area (Å²) in [5, 5.41) is 0. The summed E-state index contributed by atoms with van der Waals surface area (Å²) in [4.78, 5) is 21.4. The molecule has 5 nitrogen and oxygen atoms in total. The van der Waals surface area contributed by atoms with Crippen molar-refractivity contribution in [2.45, 2.75) is 45.5 Å². The van der Waals surface area contributed by atoms with Crippen molar-refractivity contribution >= 4 is 11.9 Å². The predicted octanol–water partition coefficient (Wildman–Crippen LogP) is 0.659. The fourth-order valence-electron chi connectivity index (χ4n) is 1.60. The van der Waals surface area contributed by atoms with Gasteiger partial charge < -0.3 is 14.2 Å². The Morgan fingerprint density at radius 2 is 2.00 bits per heavy atom. The Labute approximate surface area is 88.7 Å². The number of ether oxygens (including phenoxy) is 3. The normalized spacial score (nSPS) is 29.9. The van der Waals surface area contributed by atoms with E-state index in [1.165, 1.54) is 13.8 Å². The van der Waals surface area contributed by atoms with Crippen LogP contribution in [0.25, 0.3) is 0 Å². The molecule has 0 radical (unpaired) electrons. The summed E-state index contributed by atoms with van der Waals surface area (Å²) >= 11 is 0. The Morgan fingerprint density at radius 1 is 1.33 bits per heavy atom. The van der Waals surface area contributed by atoms with Crippen LogP contribution < -0.4 is 0 Å². The molecule has 5 heteroatoms. The number of rotatable bonds is 3. The van der Waals surface area contributed by atoms with E-state index in [9.17, 15) is 9.59 Å². The van der Waals surface area contributed by atoms with E-state index >= 15 is 0 Å². The van der Waals surface area contributed by atoms with Gasteiger partial charge in [0.15, 0.2) is 0 Å². The third kappa shape index (κ3) is 3.87. The third-order valence-corrected chi connectivity index (χ3v) is 2.15. The van der Waals surface area contributed by atoms with Crippen LogP contribution in [0.2, 0.25) is 0 Å². The molecular weight excluding hydrogens is 200 g/mol. The quantitative estimate of drug-likeness (QED) is 0.648. The summed E-state index contributed by atoms with van der Waals surface area (Å²) in [5.74, 6) is -0.703. The van der Waals surface area contributed by atoms with E-state index in [1.54, 1.807) is 0 Å². The number of hydrogen-bond acceptors (Lipinski definition) is 5. The molecule has 86 valence electrons. The molecule has 1 saturated heterocycles. The van der Waals surface area contributed by atoms with E-state index in [4.69, 9.17) is 14.2 Å². The van der Waals surface area contributed by atoms with Gasteiger partial charge in [0.1, 0.15) is 18.8 Å². The highest BCUT2D eigenvalue weighted by Gasteiger charge is 2.35. The van der Waals surface area contributed by atoms with Crippen LogP contribution in [-0.2, 0) is 23.8 Å². The molecule has 0 spiro atoms.